The van der Waals surface area contributed by atoms with E-state index >= 15 is 0 Å². The summed E-state index contributed by atoms with van der Waals surface area (Å²) in [5.41, 5.74) is 8.15. The minimum atomic E-state index is -0.755. The molecule has 1 saturated carbocycles. The van der Waals surface area contributed by atoms with Gasteiger partial charge in [-0.3, -0.25) is 0 Å². The SMILES string of the molecule is C[C@@]1(N=[N+]=[N-])C[C@@H]1[Hg][Br]. The molecule has 0 spiro atoms. The first-order valence-electron chi connectivity index (χ1n) is 2.85. The van der Waals surface area contributed by atoms with E-state index in [0.29, 0.717) is 0 Å². The molecule has 0 amide bonds. The third-order valence-corrected chi connectivity index (χ3v) is 14.7. The molecule has 0 radical (unpaired) electrons. The van der Waals surface area contributed by atoms with Crippen LogP contribution in [0, 0.1) is 0 Å². The first-order chi connectivity index (χ1) is 4.23. The maximum absolute atomic E-state index is 8.12. The van der Waals surface area contributed by atoms with Crippen LogP contribution in [0.3, 0.4) is 0 Å². The summed E-state index contributed by atoms with van der Waals surface area (Å²) >= 11 is 2.81. The summed E-state index contributed by atoms with van der Waals surface area (Å²) in [4.78, 5) is 2.81. The Morgan fingerprint density at radius 2 is 2.67 bits per heavy atom. The van der Waals surface area contributed by atoms with Gasteiger partial charge < -0.3 is 0 Å². The number of rotatable bonds is 2. The molecule has 1 fully saturated rings. The predicted molar refractivity (Wildman–Crippen MR) is 34.8 cm³/mol. The fourth-order valence-corrected chi connectivity index (χ4v) is 13.3. The number of azide groups is 1. The molecule has 0 heterocycles. The van der Waals surface area contributed by atoms with Gasteiger partial charge in [-0.25, -0.2) is 0 Å². The summed E-state index contributed by atoms with van der Waals surface area (Å²) in [6.07, 6.45) is 1.13. The minimum absolute atomic E-state index is 0.0276. The zero-order chi connectivity index (χ0) is 6.91. The molecular formula is C4H6BrHgN3. The van der Waals surface area contributed by atoms with E-state index in [4.69, 9.17) is 5.53 Å². The van der Waals surface area contributed by atoms with Crippen LogP contribution < -0.4 is 0 Å². The van der Waals surface area contributed by atoms with Crippen molar-refractivity contribution in [3.05, 3.63) is 10.4 Å². The van der Waals surface area contributed by atoms with Gasteiger partial charge in [-0.15, -0.1) is 0 Å². The van der Waals surface area contributed by atoms with Gasteiger partial charge in [0, 0.05) is 0 Å². The molecule has 0 N–H and O–H groups in total. The summed E-state index contributed by atoms with van der Waals surface area (Å²) < 4.78 is 0.786. The second kappa shape index (κ2) is 2.76. The molecule has 0 aliphatic heterocycles. The van der Waals surface area contributed by atoms with Crippen LogP contribution in [0.1, 0.15) is 13.3 Å². The van der Waals surface area contributed by atoms with Crippen molar-refractivity contribution in [2.75, 3.05) is 0 Å². The first kappa shape index (κ1) is 7.83. The number of hydrogen-bond acceptors (Lipinski definition) is 1. The standard InChI is InChI=1S/C4H6N3.BrH.Hg/c1-4(2-3-4)6-7-5;;/h2H,3H2,1H3;1H;/q;;+1/p-1/t4-;;/m0../s1. The van der Waals surface area contributed by atoms with E-state index in [9.17, 15) is 0 Å². The van der Waals surface area contributed by atoms with Gasteiger partial charge in [-0.1, -0.05) is 0 Å². The van der Waals surface area contributed by atoms with Crippen LogP contribution in [0.25, 0.3) is 10.4 Å². The van der Waals surface area contributed by atoms with E-state index in [1.165, 1.54) is 0 Å². The quantitative estimate of drug-likeness (QED) is 0.308. The number of nitrogens with zero attached hydrogens (tertiary/aromatic N) is 3. The van der Waals surface area contributed by atoms with E-state index in [0.717, 1.165) is 9.85 Å². The second-order valence-electron chi connectivity index (χ2n) is 2.60. The molecule has 9 heavy (non-hydrogen) atoms. The summed E-state index contributed by atoms with van der Waals surface area (Å²) in [5.74, 6) is 0. The van der Waals surface area contributed by atoms with Crippen LogP contribution in [-0.2, 0) is 22.1 Å². The van der Waals surface area contributed by atoms with Crippen molar-refractivity contribution in [1.29, 1.82) is 0 Å². The van der Waals surface area contributed by atoms with Crippen molar-refractivity contribution in [3.8, 4) is 0 Å². The van der Waals surface area contributed by atoms with Crippen LogP contribution in [0.2, 0.25) is 3.43 Å². The van der Waals surface area contributed by atoms with Crippen molar-refractivity contribution in [2.24, 2.45) is 5.11 Å². The van der Waals surface area contributed by atoms with E-state index in [1.54, 1.807) is 0 Å². The van der Waals surface area contributed by atoms with Crippen LogP contribution in [0.5, 0.6) is 0 Å². The van der Waals surface area contributed by atoms with Gasteiger partial charge >= 0.3 is 71.9 Å². The van der Waals surface area contributed by atoms with Gasteiger partial charge in [-0.2, -0.15) is 0 Å². The Bertz CT molecular complexity index is 167. The Hall–Kier alpha value is 0.725. The first-order valence-corrected chi connectivity index (χ1v) is 17.9. The molecule has 46 valence electrons. The second-order valence-corrected chi connectivity index (χ2v) is 13.3. The predicted octanol–water partition coefficient (Wildman–Crippen LogP) is 2.64. The van der Waals surface area contributed by atoms with E-state index in [1.807, 2.05) is 6.92 Å². The molecule has 3 nitrogen and oxygen atoms in total. The van der Waals surface area contributed by atoms with Gasteiger partial charge in [0.2, 0.25) is 0 Å². The average molecular weight is 377 g/mol. The topological polar surface area (TPSA) is 48.8 Å². The fraction of sp³-hybridized carbons (Fsp3) is 1.00. The third-order valence-electron chi connectivity index (χ3n) is 1.84. The molecule has 5 heteroatoms. The van der Waals surface area contributed by atoms with Crippen LogP contribution in [0.4, 0.5) is 0 Å². The molecule has 1 rings (SSSR count). The Morgan fingerprint density at radius 1 is 2.00 bits per heavy atom. The summed E-state index contributed by atoms with van der Waals surface area (Å²) in [5, 5.41) is 3.73. The molecule has 0 aromatic rings. The van der Waals surface area contributed by atoms with Gasteiger partial charge in [0.15, 0.2) is 0 Å². The van der Waals surface area contributed by atoms with Crippen molar-refractivity contribution in [2.45, 2.75) is 22.3 Å². The van der Waals surface area contributed by atoms with Crippen LogP contribution in [0.15, 0.2) is 5.11 Å². The van der Waals surface area contributed by atoms with Crippen molar-refractivity contribution in [1.82, 2.24) is 0 Å². The van der Waals surface area contributed by atoms with Crippen LogP contribution >= 0.6 is 11.9 Å². The maximum atomic E-state index is 8.12. The number of hydrogen-bond donors (Lipinski definition) is 0. The molecular weight excluding hydrogens is 371 g/mol. The van der Waals surface area contributed by atoms with E-state index in [-0.39, 0.29) is 5.54 Å². The van der Waals surface area contributed by atoms with E-state index in [2.05, 4.69) is 21.9 Å². The summed E-state index contributed by atoms with van der Waals surface area (Å²) in [7, 11) is 0. The summed E-state index contributed by atoms with van der Waals surface area (Å²) in [6.45, 7) is 2.04. The van der Waals surface area contributed by atoms with Gasteiger partial charge in [0.25, 0.3) is 0 Å². The molecule has 0 aromatic heterocycles. The van der Waals surface area contributed by atoms with Crippen LogP contribution in [-0.4, -0.2) is 5.54 Å². The molecule has 0 bridgehead atoms. The monoisotopic (exact) mass is 377 g/mol. The van der Waals surface area contributed by atoms with Crippen molar-refractivity contribution in [3.63, 3.8) is 0 Å². The van der Waals surface area contributed by atoms with Crippen molar-refractivity contribution >= 4 is 11.9 Å². The molecule has 0 aromatic carbocycles. The fourth-order valence-electron chi connectivity index (χ4n) is 0.885. The Kier molecular flexibility index (Phi) is 2.40. The molecule has 0 unspecified atom stereocenters. The molecule has 2 atom stereocenters. The Balaban J connectivity index is 2.51. The van der Waals surface area contributed by atoms with E-state index < -0.39 is 22.1 Å². The normalized spacial score (nSPS) is 38.7. The molecule has 1 aliphatic carbocycles. The Morgan fingerprint density at radius 3 is 3.00 bits per heavy atom. The average Bonchev–Trinajstić information content (AvgIpc) is 2.43. The van der Waals surface area contributed by atoms with Crippen molar-refractivity contribution < 1.29 is 22.1 Å². The third kappa shape index (κ3) is 1.60. The van der Waals surface area contributed by atoms with Gasteiger partial charge in [0.05, 0.1) is 0 Å². The zero-order valence-corrected chi connectivity index (χ0v) is 12.3. The van der Waals surface area contributed by atoms with Gasteiger partial charge in [-0.05, 0) is 0 Å². The summed E-state index contributed by atoms with van der Waals surface area (Å²) in [6, 6.07) is 0. The number of halogens is 1. The zero-order valence-electron chi connectivity index (χ0n) is 5.21. The van der Waals surface area contributed by atoms with Gasteiger partial charge in [0.1, 0.15) is 0 Å². The molecule has 1 aliphatic rings. The Labute approximate surface area is 71.5 Å². The molecule has 0 saturated heterocycles.